The van der Waals surface area contributed by atoms with Gasteiger partial charge in [-0.2, -0.15) is 12.6 Å². The van der Waals surface area contributed by atoms with Crippen molar-refractivity contribution in [3.8, 4) is 0 Å². The van der Waals surface area contributed by atoms with Crippen LogP contribution in [-0.2, 0) is 25.6 Å². The highest BCUT2D eigenvalue weighted by molar-refractivity contribution is 7.80. The summed E-state index contributed by atoms with van der Waals surface area (Å²) < 4.78 is 0. The van der Waals surface area contributed by atoms with Crippen LogP contribution in [0, 0.1) is 5.92 Å². The lowest BCUT2D eigenvalue weighted by Gasteiger charge is -2.28. The number of fused-ring (bicyclic) bond motifs is 1. The summed E-state index contributed by atoms with van der Waals surface area (Å²) in [5.74, 6) is -3.33. The molecule has 38 heavy (non-hydrogen) atoms. The zero-order valence-electron chi connectivity index (χ0n) is 21.9. The Bertz CT molecular complexity index is 1090. The SMILES string of the molecule is CCC(C)C(NC(=O)C(Cc1c[nH]c2ccccc12)NC(=O)C(N)CCCCN)C(=O)NC(CS)C(=O)O. The van der Waals surface area contributed by atoms with Crippen LogP contribution in [0.25, 0.3) is 10.9 Å². The Morgan fingerprint density at radius 3 is 2.34 bits per heavy atom. The summed E-state index contributed by atoms with van der Waals surface area (Å²) in [7, 11) is 0. The number of aromatic nitrogens is 1. The first kappa shape index (κ1) is 31.1. The van der Waals surface area contributed by atoms with Gasteiger partial charge in [0.1, 0.15) is 18.1 Å². The number of unbranched alkanes of at least 4 members (excludes halogenated alkanes) is 1. The summed E-state index contributed by atoms with van der Waals surface area (Å²) in [6.07, 6.45) is 4.30. The zero-order valence-corrected chi connectivity index (χ0v) is 22.8. The molecule has 1 aromatic heterocycles. The molecule has 0 aliphatic carbocycles. The number of nitrogens with one attached hydrogen (secondary N) is 4. The van der Waals surface area contributed by atoms with Crippen LogP contribution >= 0.6 is 12.6 Å². The van der Waals surface area contributed by atoms with Gasteiger partial charge in [0, 0.05) is 29.3 Å². The number of aromatic amines is 1. The molecule has 1 aromatic carbocycles. The molecule has 9 N–H and O–H groups in total. The van der Waals surface area contributed by atoms with Gasteiger partial charge in [-0.3, -0.25) is 14.4 Å². The second kappa shape index (κ2) is 15.4. The lowest BCUT2D eigenvalue weighted by Crippen LogP contribution is -2.59. The molecule has 0 aliphatic rings. The van der Waals surface area contributed by atoms with Gasteiger partial charge < -0.3 is 37.5 Å². The number of carbonyl (C=O) groups excluding carboxylic acids is 3. The third-order valence-corrected chi connectivity index (χ3v) is 6.99. The van der Waals surface area contributed by atoms with E-state index in [4.69, 9.17) is 11.5 Å². The molecule has 5 atom stereocenters. The first-order chi connectivity index (χ1) is 18.1. The van der Waals surface area contributed by atoms with E-state index in [2.05, 4.69) is 33.6 Å². The predicted molar refractivity (Wildman–Crippen MR) is 150 cm³/mol. The predicted octanol–water partition coefficient (Wildman–Crippen LogP) is 0.682. The molecular weight excluding hydrogens is 508 g/mol. The topological polar surface area (TPSA) is 192 Å². The summed E-state index contributed by atoms with van der Waals surface area (Å²) >= 11 is 3.99. The monoisotopic (exact) mass is 548 g/mol. The fourth-order valence-corrected chi connectivity index (χ4v) is 4.30. The number of benzene rings is 1. The third-order valence-electron chi connectivity index (χ3n) is 6.63. The van der Waals surface area contributed by atoms with Crippen LogP contribution < -0.4 is 27.4 Å². The molecule has 0 aliphatic heterocycles. The molecule has 12 heteroatoms. The number of hydrogen-bond acceptors (Lipinski definition) is 7. The normalized spacial score (nSPS) is 15.2. The van der Waals surface area contributed by atoms with Gasteiger partial charge in [0.25, 0.3) is 0 Å². The van der Waals surface area contributed by atoms with Crippen molar-refractivity contribution in [1.29, 1.82) is 0 Å². The van der Waals surface area contributed by atoms with Crippen LogP contribution in [0.2, 0.25) is 0 Å². The molecule has 5 unspecified atom stereocenters. The standard InChI is InChI=1S/C26H40N6O5S/c1-3-15(2)22(25(35)31-21(14-38)26(36)37)32-24(34)20(30-23(33)18(28)9-6-7-11-27)12-16-13-29-19-10-5-4-8-17(16)19/h4-5,8,10,13,15,18,20-22,29,38H,3,6-7,9,11-12,14,27-28H2,1-2H3,(H,30,33)(H,31,35)(H,32,34)(H,36,37). The minimum Gasteiger partial charge on any atom is -0.480 e. The van der Waals surface area contributed by atoms with Crippen LogP contribution in [0.4, 0.5) is 0 Å². The van der Waals surface area contributed by atoms with Crippen LogP contribution in [0.1, 0.15) is 45.1 Å². The van der Waals surface area contributed by atoms with Crippen LogP contribution in [0.15, 0.2) is 30.5 Å². The van der Waals surface area contributed by atoms with Crippen molar-refractivity contribution in [3.05, 3.63) is 36.0 Å². The van der Waals surface area contributed by atoms with Crippen molar-refractivity contribution in [2.24, 2.45) is 17.4 Å². The lowest BCUT2D eigenvalue weighted by molar-refractivity contribution is -0.142. The Hall–Kier alpha value is -3.09. The van der Waals surface area contributed by atoms with E-state index in [-0.39, 0.29) is 18.1 Å². The van der Waals surface area contributed by atoms with Crippen LogP contribution in [0.3, 0.4) is 0 Å². The number of para-hydroxylation sites is 1. The van der Waals surface area contributed by atoms with E-state index in [1.165, 1.54) is 0 Å². The van der Waals surface area contributed by atoms with E-state index < -0.39 is 47.9 Å². The molecular formula is C26H40N6O5S. The van der Waals surface area contributed by atoms with E-state index in [9.17, 15) is 24.3 Å². The molecule has 0 fully saturated rings. The Labute approximate surface area is 228 Å². The number of aliphatic carboxylic acids is 1. The fraction of sp³-hybridized carbons (Fsp3) is 0.538. The van der Waals surface area contributed by atoms with Gasteiger partial charge in [-0.25, -0.2) is 4.79 Å². The summed E-state index contributed by atoms with van der Waals surface area (Å²) in [5.41, 5.74) is 13.3. The maximum Gasteiger partial charge on any atom is 0.327 e. The van der Waals surface area contributed by atoms with Crippen molar-refractivity contribution in [2.45, 2.75) is 70.1 Å². The molecule has 0 spiro atoms. The Kier molecular flexibility index (Phi) is 12.6. The molecule has 0 radical (unpaired) electrons. The largest absolute Gasteiger partial charge is 0.480 e. The molecule has 2 aromatic rings. The van der Waals surface area contributed by atoms with E-state index in [0.29, 0.717) is 25.8 Å². The number of hydrogen-bond donors (Lipinski definition) is 8. The average Bonchev–Trinajstić information content (AvgIpc) is 3.31. The van der Waals surface area contributed by atoms with Crippen LogP contribution in [-0.4, -0.2) is 70.2 Å². The van der Waals surface area contributed by atoms with Gasteiger partial charge in [0.15, 0.2) is 0 Å². The molecule has 210 valence electrons. The number of H-pyrrole nitrogens is 1. The van der Waals surface area contributed by atoms with Crippen molar-refractivity contribution in [1.82, 2.24) is 20.9 Å². The number of carbonyl (C=O) groups is 4. The number of amides is 3. The number of carboxylic acids is 1. The Morgan fingerprint density at radius 2 is 1.71 bits per heavy atom. The fourth-order valence-electron chi connectivity index (χ4n) is 4.05. The summed E-state index contributed by atoms with van der Waals surface area (Å²) in [6, 6.07) is 3.52. The number of nitrogens with two attached hydrogens (primary N) is 2. The number of carboxylic acid groups (broad SMARTS) is 1. The second-order valence-electron chi connectivity index (χ2n) is 9.47. The van der Waals surface area contributed by atoms with Gasteiger partial charge in [0.2, 0.25) is 17.7 Å². The van der Waals surface area contributed by atoms with Crippen molar-refractivity contribution >= 4 is 47.2 Å². The Morgan fingerprint density at radius 1 is 1.03 bits per heavy atom. The van der Waals surface area contributed by atoms with E-state index in [1.54, 1.807) is 13.1 Å². The zero-order chi connectivity index (χ0) is 28.2. The number of thiol groups is 1. The minimum absolute atomic E-state index is 0.108. The minimum atomic E-state index is -1.23. The molecule has 1 heterocycles. The van der Waals surface area contributed by atoms with Crippen LogP contribution in [0.5, 0.6) is 0 Å². The quantitative estimate of drug-likeness (QED) is 0.112. The van der Waals surface area contributed by atoms with E-state index in [1.807, 2.05) is 31.2 Å². The third kappa shape index (κ3) is 8.74. The van der Waals surface area contributed by atoms with Gasteiger partial charge >= 0.3 is 5.97 Å². The summed E-state index contributed by atoms with van der Waals surface area (Å²) in [6.45, 7) is 4.13. The van der Waals surface area contributed by atoms with Crippen molar-refractivity contribution in [2.75, 3.05) is 12.3 Å². The van der Waals surface area contributed by atoms with Crippen molar-refractivity contribution in [3.63, 3.8) is 0 Å². The Balaban J connectivity index is 2.28. The maximum atomic E-state index is 13.5. The van der Waals surface area contributed by atoms with Gasteiger partial charge in [-0.05, 0) is 36.9 Å². The van der Waals surface area contributed by atoms with Crippen molar-refractivity contribution < 1.29 is 24.3 Å². The molecule has 0 saturated carbocycles. The van der Waals surface area contributed by atoms with E-state index >= 15 is 0 Å². The maximum absolute atomic E-state index is 13.5. The summed E-state index contributed by atoms with van der Waals surface area (Å²) in [5, 5.41) is 18.1. The van der Waals surface area contributed by atoms with Gasteiger partial charge in [-0.1, -0.05) is 44.9 Å². The molecule has 0 bridgehead atoms. The highest BCUT2D eigenvalue weighted by Crippen LogP contribution is 2.20. The lowest BCUT2D eigenvalue weighted by atomic mass is 9.96. The van der Waals surface area contributed by atoms with E-state index in [0.717, 1.165) is 22.9 Å². The smallest absolute Gasteiger partial charge is 0.327 e. The van der Waals surface area contributed by atoms with Gasteiger partial charge in [-0.15, -0.1) is 0 Å². The second-order valence-corrected chi connectivity index (χ2v) is 9.83. The first-order valence-electron chi connectivity index (χ1n) is 12.9. The summed E-state index contributed by atoms with van der Waals surface area (Å²) in [4.78, 5) is 54.0. The molecule has 3 amide bonds. The highest BCUT2D eigenvalue weighted by Gasteiger charge is 2.32. The number of rotatable bonds is 16. The highest BCUT2D eigenvalue weighted by atomic mass is 32.1. The first-order valence-corrected chi connectivity index (χ1v) is 13.5. The molecule has 2 rings (SSSR count). The molecule has 11 nitrogen and oxygen atoms in total. The molecule has 0 saturated heterocycles. The average molecular weight is 549 g/mol. The van der Waals surface area contributed by atoms with Gasteiger partial charge in [0.05, 0.1) is 6.04 Å².